The van der Waals surface area contributed by atoms with Crippen molar-refractivity contribution in [1.29, 1.82) is 0 Å². The monoisotopic (exact) mass is 173 g/mol. The van der Waals surface area contributed by atoms with Crippen LogP contribution in [-0.2, 0) is 4.79 Å². The molecule has 0 aliphatic rings. The maximum Gasteiger partial charge on any atom is 0.240 e. The molecule has 0 unspecified atom stereocenters. The predicted molar refractivity (Wildman–Crippen MR) is 53.0 cm³/mol. The van der Waals surface area contributed by atoms with Crippen molar-refractivity contribution in [2.45, 2.75) is 13.8 Å². The van der Waals surface area contributed by atoms with E-state index in [1.165, 1.54) is 11.6 Å². The first-order valence-corrected chi connectivity index (χ1v) is 4.09. The zero-order valence-electron chi connectivity index (χ0n) is 7.74. The van der Waals surface area contributed by atoms with E-state index in [9.17, 15) is 4.79 Å². The van der Waals surface area contributed by atoms with Gasteiger partial charge >= 0.3 is 0 Å². The summed E-state index contributed by atoms with van der Waals surface area (Å²) in [5.41, 5.74) is 2.79. The number of allylic oxidation sites excluding steroid dienone is 1. The molecule has 0 heterocycles. The summed E-state index contributed by atoms with van der Waals surface area (Å²) in [6.45, 7) is 3.86. The predicted octanol–water partition coefficient (Wildman–Crippen LogP) is 2.69. The fourth-order valence-corrected chi connectivity index (χ4v) is 1.07. The maximum atomic E-state index is 10.1. The zero-order chi connectivity index (χ0) is 9.68. The summed E-state index contributed by atoms with van der Waals surface area (Å²) in [6.07, 6.45) is 3.33. The Morgan fingerprint density at radius 2 is 2.00 bits per heavy atom. The summed E-state index contributed by atoms with van der Waals surface area (Å²) in [5, 5.41) is 0. The minimum absolute atomic E-state index is 0.662. The van der Waals surface area contributed by atoms with Gasteiger partial charge in [0.25, 0.3) is 0 Å². The molecule has 0 aromatic heterocycles. The molecule has 66 valence electrons. The van der Waals surface area contributed by atoms with E-state index in [0.717, 1.165) is 5.56 Å². The third-order valence-electron chi connectivity index (χ3n) is 1.79. The Labute approximate surface area is 77.6 Å². The largest absolute Gasteiger partial charge is 0.240 e. The van der Waals surface area contributed by atoms with Gasteiger partial charge in [0.1, 0.15) is 0 Å². The molecule has 2 heteroatoms. The summed E-state index contributed by atoms with van der Waals surface area (Å²) in [5.74, 6) is 0. The van der Waals surface area contributed by atoms with Gasteiger partial charge in [-0.1, -0.05) is 35.9 Å². The quantitative estimate of drug-likeness (QED) is 0.499. The van der Waals surface area contributed by atoms with Gasteiger partial charge in [-0.2, -0.15) is 4.99 Å². The van der Waals surface area contributed by atoms with E-state index in [-0.39, 0.29) is 0 Å². The second-order valence-corrected chi connectivity index (χ2v) is 2.74. The SMILES string of the molecule is C/C=C(/N=C=O)c1ccc(C)cc1. The Bertz CT molecular complexity index is 356. The van der Waals surface area contributed by atoms with Gasteiger partial charge in [0.2, 0.25) is 6.08 Å². The van der Waals surface area contributed by atoms with Gasteiger partial charge in [-0.25, -0.2) is 4.79 Å². The van der Waals surface area contributed by atoms with Crippen LogP contribution in [0.4, 0.5) is 0 Å². The van der Waals surface area contributed by atoms with Gasteiger partial charge < -0.3 is 0 Å². The van der Waals surface area contributed by atoms with E-state index >= 15 is 0 Å². The standard InChI is InChI=1S/C11H11NO/c1-3-11(12-8-13)10-6-4-9(2)5-7-10/h3-7H,1-2H3/b11-3+. The lowest BCUT2D eigenvalue weighted by Gasteiger charge is -1.99. The Morgan fingerprint density at radius 1 is 1.38 bits per heavy atom. The number of benzene rings is 1. The molecule has 0 saturated carbocycles. The van der Waals surface area contributed by atoms with Gasteiger partial charge in [0.05, 0.1) is 5.70 Å². The lowest BCUT2D eigenvalue weighted by Crippen LogP contribution is -1.80. The fourth-order valence-electron chi connectivity index (χ4n) is 1.07. The number of aryl methyl sites for hydroxylation is 1. The molecule has 1 aromatic carbocycles. The minimum atomic E-state index is 0.662. The first-order valence-electron chi connectivity index (χ1n) is 4.09. The summed E-state index contributed by atoms with van der Waals surface area (Å²) >= 11 is 0. The van der Waals surface area contributed by atoms with Crippen molar-refractivity contribution >= 4 is 11.8 Å². The third-order valence-corrected chi connectivity index (χ3v) is 1.79. The number of rotatable bonds is 2. The van der Waals surface area contributed by atoms with Crippen LogP contribution < -0.4 is 0 Å². The Balaban J connectivity index is 3.07. The van der Waals surface area contributed by atoms with Crippen LogP contribution >= 0.6 is 0 Å². The molecule has 1 aromatic rings. The molecular formula is C11H11NO. The van der Waals surface area contributed by atoms with Crippen LogP contribution in [0.15, 0.2) is 35.3 Å². The molecule has 2 nitrogen and oxygen atoms in total. The number of carbonyl (C=O) groups excluding carboxylic acids is 1. The van der Waals surface area contributed by atoms with Crippen LogP contribution in [-0.4, -0.2) is 6.08 Å². The van der Waals surface area contributed by atoms with Gasteiger partial charge in [-0.3, -0.25) is 0 Å². The van der Waals surface area contributed by atoms with Gasteiger partial charge in [0.15, 0.2) is 0 Å². The fraction of sp³-hybridized carbons (Fsp3) is 0.182. The average Bonchev–Trinajstić information content (AvgIpc) is 2.16. The molecule has 0 aliphatic heterocycles. The Morgan fingerprint density at radius 3 is 2.46 bits per heavy atom. The van der Waals surface area contributed by atoms with E-state index in [1.54, 1.807) is 6.08 Å². The van der Waals surface area contributed by atoms with Crippen LogP contribution in [0.5, 0.6) is 0 Å². The van der Waals surface area contributed by atoms with Crippen LogP contribution in [0.25, 0.3) is 5.70 Å². The van der Waals surface area contributed by atoms with Crippen molar-refractivity contribution in [3.63, 3.8) is 0 Å². The highest BCUT2D eigenvalue weighted by Crippen LogP contribution is 2.15. The maximum absolute atomic E-state index is 10.1. The molecule has 1 rings (SSSR count). The molecule has 0 bridgehead atoms. The van der Waals surface area contributed by atoms with E-state index < -0.39 is 0 Å². The van der Waals surface area contributed by atoms with E-state index in [1.807, 2.05) is 38.1 Å². The number of nitrogens with zero attached hydrogens (tertiary/aromatic N) is 1. The van der Waals surface area contributed by atoms with Gasteiger partial charge in [-0.05, 0) is 13.8 Å². The smallest absolute Gasteiger partial charge is 0.211 e. The van der Waals surface area contributed by atoms with E-state index in [2.05, 4.69) is 4.99 Å². The lowest BCUT2D eigenvalue weighted by molar-refractivity contribution is 0.565. The molecule has 0 radical (unpaired) electrons. The second kappa shape index (κ2) is 4.39. The van der Waals surface area contributed by atoms with Crippen LogP contribution in [0.3, 0.4) is 0 Å². The van der Waals surface area contributed by atoms with Crippen molar-refractivity contribution in [3.05, 3.63) is 41.5 Å². The number of hydrogen-bond acceptors (Lipinski definition) is 2. The molecule has 0 N–H and O–H groups in total. The van der Waals surface area contributed by atoms with Crippen LogP contribution in [0, 0.1) is 6.92 Å². The van der Waals surface area contributed by atoms with Crippen LogP contribution in [0.1, 0.15) is 18.1 Å². The molecule has 0 fully saturated rings. The normalized spacial score (nSPS) is 10.8. The minimum Gasteiger partial charge on any atom is -0.211 e. The molecule has 0 saturated heterocycles. The third kappa shape index (κ3) is 2.39. The topological polar surface area (TPSA) is 29.4 Å². The van der Waals surface area contributed by atoms with E-state index in [0.29, 0.717) is 5.70 Å². The van der Waals surface area contributed by atoms with E-state index in [4.69, 9.17) is 0 Å². The first-order chi connectivity index (χ1) is 6.27. The molecule has 0 atom stereocenters. The molecule has 0 amide bonds. The summed E-state index contributed by atoms with van der Waals surface area (Å²) in [4.78, 5) is 13.7. The number of hydrogen-bond donors (Lipinski definition) is 0. The molecule has 13 heavy (non-hydrogen) atoms. The Hall–Kier alpha value is -1.66. The summed E-state index contributed by atoms with van der Waals surface area (Å²) < 4.78 is 0. The average molecular weight is 173 g/mol. The highest BCUT2D eigenvalue weighted by Gasteiger charge is 1.96. The molecular weight excluding hydrogens is 162 g/mol. The highest BCUT2D eigenvalue weighted by atomic mass is 16.1. The van der Waals surface area contributed by atoms with Crippen molar-refractivity contribution in [3.8, 4) is 0 Å². The highest BCUT2D eigenvalue weighted by molar-refractivity contribution is 5.68. The lowest BCUT2D eigenvalue weighted by atomic mass is 10.1. The summed E-state index contributed by atoms with van der Waals surface area (Å²) in [7, 11) is 0. The first kappa shape index (κ1) is 9.43. The number of aliphatic imine (C=N–C) groups is 1. The van der Waals surface area contributed by atoms with Gasteiger partial charge in [-0.15, -0.1) is 0 Å². The van der Waals surface area contributed by atoms with Crippen molar-refractivity contribution in [2.75, 3.05) is 0 Å². The second-order valence-electron chi connectivity index (χ2n) is 2.74. The Kier molecular flexibility index (Phi) is 3.18. The summed E-state index contributed by atoms with van der Waals surface area (Å²) in [6, 6.07) is 7.84. The molecule has 0 spiro atoms. The molecule has 0 aliphatic carbocycles. The van der Waals surface area contributed by atoms with Crippen molar-refractivity contribution in [1.82, 2.24) is 0 Å². The zero-order valence-corrected chi connectivity index (χ0v) is 7.74. The van der Waals surface area contributed by atoms with Crippen molar-refractivity contribution in [2.24, 2.45) is 4.99 Å². The van der Waals surface area contributed by atoms with Gasteiger partial charge in [0, 0.05) is 5.56 Å². The number of isocyanates is 1. The van der Waals surface area contributed by atoms with Crippen LogP contribution in [0.2, 0.25) is 0 Å². The van der Waals surface area contributed by atoms with Crippen molar-refractivity contribution < 1.29 is 4.79 Å².